The average Bonchev–Trinajstić information content (AvgIpc) is 2.27. The van der Waals surface area contributed by atoms with Gasteiger partial charge in [0.2, 0.25) is 0 Å². The maximum Gasteiger partial charge on any atom is 1.00 e. The predicted molar refractivity (Wildman–Crippen MR) is 58.2 cm³/mol. The third kappa shape index (κ3) is 12.1. The molecule has 0 aliphatic heterocycles. The van der Waals surface area contributed by atoms with Crippen LogP contribution < -0.4 is 64.2 Å². The second-order valence-corrected chi connectivity index (χ2v) is 4.42. The van der Waals surface area contributed by atoms with Crippen LogP contribution >= 0.6 is 0 Å². The van der Waals surface area contributed by atoms with Gasteiger partial charge in [0.1, 0.15) is 0 Å². The Bertz CT molecular complexity index is 302. The number of hydrogen-bond donors (Lipinski definition) is 0. The number of carboxylic acids is 1. The molecule has 0 amide bonds. The van der Waals surface area contributed by atoms with E-state index in [1.165, 1.54) is 6.42 Å². The van der Waals surface area contributed by atoms with Crippen molar-refractivity contribution >= 4 is 12.1 Å². The van der Waals surface area contributed by atoms with Crippen molar-refractivity contribution < 1.29 is 78.6 Å². The first-order valence-electron chi connectivity index (χ1n) is 5.87. The van der Waals surface area contributed by atoms with Crippen LogP contribution in [-0.4, -0.2) is 12.1 Å². The van der Waals surface area contributed by atoms with Gasteiger partial charge in [-0.2, -0.15) is 15.2 Å². The van der Waals surface area contributed by atoms with Crippen LogP contribution in [-0.2, 0) is 14.4 Å². The van der Waals surface area contributed by atoms with Crippen LogP contribution in [0.5, 0.6) is 0 Å². The smallest absolute Gasteiger partial charge is 0.658 e. The molecule has 19 heavy (non-hydrogen) atoms. The van der Waals surface area contributed by atoms with Crippen LogP contribution in [0.25, 0.3) is 0 Å². The van der Waals surface area contributed by atoms with E-state index < -0.39 is 5.97 Å². The molecule has 1 fully saturated rings. The Morgan fingerprint density at radius 1 is 1.16 bits per heavy atom. The van der Waals surface area contributed by atoms with Gasteiger partial charge in [-0.25, -0.2) is 0 Å². The van der Waals surface area contributed by atoms with Gasteiger partial charge in [0, 0.05) is 0 Å². The first kappa shape index (κ1) is 24.6. The summed E-state index contributed by atoms with van der Waals surface area (Å²) in [7, 11) is 0. The fraction of sp³-hybridized carbons (Fsp3) is 0.692. The SMILES string of the molecule is CC(C)[C-]=C(C(=O)[O-])C1CCCCC1.O=C=O.[Na+].[Na+]. The molecule has 6 heteroatoms. The van der Waals surface area contributed by atoms with E-state index in [9.17, 15) is 9.90 Å². The van der Waals surface area contributed by atoms with E-state index in [0.717, 1.165) is 25.7 Å². The molecule has 0 N–H and O–H groups in total. The second-order valence-electron chi connectivity index (χ2n) is 4.42. The Morgan fingerprint density at radius 2 is 1.58 bits per heavy atom. The van der Waals surface area contributed by atoms with Gasteiger partial charge in [0.25, 0.3) is 0 Å². The number of carboxylic acid groups (broad SMARTS) is 1. The zero-order chi connectivity index (χ0) is 13.3. The average molecular weight is 284 g/mol. The maximum atomic E-state index is 10.9. The van der Waals surface area contributed by atoms with Crippen LogP contribution in [0.3, 0.4) is 0 Å². The van der Waals surface area contributed by atoms with E-state index in [2.05, 4.69) is 6.08 Å². The molecule has 0 aromatic heterocycles. The molecule has 4 nitrogen and oxygen atoms in total. The summed E-state index contributed by atoms with van der Waals surface area (Å²) in [4.78, 5) is 27.2. The normalized spacial score (nSPS) is 15.2. The van der Waals surface area contributed by atoms with E-state index in [1.54, 1.807) is 0 Å². The molecular weight excluding hydrogens is 266 g/mol. The van der Waals surface area contributed by atoms with Crippen molar-refractivity contribution in [3.63, 3.8) is 0 Å². The van der Waals surface area contributed by atoms with E-state index >= 15 is 0 Å². The van der Waals surface area contributed by atoms with Crippen molar-refractivity contribution in [2.24, 2.45) is 11.8 Å². The van der Waals surface area contributed by atoms with Gasteiger partial charge in [0.15, 0.2) is 0 Å². The first-order valence-corrected chi connectivity index (χ1v) is 5.87. The van der Waals surface area contributed by atoms with E-state index in [0.29, 0.717) is 5.57 Å². The van der Waals surface area contributed by atoms with Crippen molar-refractivity contribution in [2.75, 3.05) is 0 Å². The summed E-state index contributed by atoms with van der Waals surface area (Å²) in [6.45, 7) is 3.90. The molecule has 0 atom stereocenters. The zero-order valence-electron chi connectivity index (χ0n) is 12.3. The molecular formula is C13H18Na2O4. The largest absolute Gasteiger partial charge is 1.00 e. The van der Waals surface area contributed by atoms with Crippen molar-refractivity contribution in [3.8, 4) is 0 Å². The van der Waals surface area contributed by atoms with E-state index in [-0.39, 0.29) is 77.1 Å². The van der Waals surface area contributed by atoms with Gasteiger partial charge in [0.05, 0.1) is 0 Å². The third-order valence-electron chi connectivity index (χ3n) is 2.68. The minimum Gasteiger partial charge on any atom is -0.658 e. The van der Waals surface area contributed by atoms with Gasteiger partial charge in [-0.05, 0) is 18.8 Å². The molecule has 1 aliphatic rings. The molecule has 0 aromatic rings. The predicted octanol–water partition coefficient (Wildman–Crippen LogP) is -4.87. The molecule has 1 aliphatic carbocycles. The third-order valence-corrected chi connectivity index (χ3v) is 2.68. The van der Waals surface area contributed by atoms with Crippen LogP contribution in [0, 0.1) is 17.9 Å². The summed E-state index contributed by atoms with van der Waals surface area (Å²) in [6, 6.07) is 0. The second kappa shape index (κ2) is 15.0. The van der Waals surface area contributed by atoms with Crippen molar-refractivity contribution in [2.45, 2.75) is 46.0 Å². The summed E-state index contributed by atoms with van der Waals surface area (Å²) >= 11 is 0. The van der Waals surface area contributed by atoms with Crippen molar-refractivity contribution in [1.29, 1.82) is 0 Å². The molecule has 1 saturated carbocycles. The Kier molecular flexibility index (Phi) is 19.4. The molecule has 1 rings (SSSR count). The van der Waals surface area contributed by atoms with Crippen LogP contribution in [0.15, 0.2) is 5.57 Å². The Morgan fingerprint density at radius 3 is 1.89 bits per heavy atom. The monoisotopic (exact) mass is 284 g/mol. The number of carbonyl (C=O) groups excluding carboxylic acids is 3. The number of rotatable bonds is 3. The van der Waals surface area contributed by atoms with E-state index in [1.807, 2.05) is 13.8 Å². The summed E-state index contributed by atoms with van der Waals surface area (Å²) in [5, 5.41) is 10.9. The molecule has 0 heterocycles. The minimum atomic E-state index is -1.02. The Balaban J connectivity index is -0.000000468. The number of carbonyl (C=O) groups is 1. The molecule has 0 spiro atoms. The number of hydrogen-bond acceptors (Lipinski definition) is 4. The summed E-state index contributed by atoms with van der Waals surface area (Å²) in [6.07, 6.45) is 8.75. The molecule has 96 valence electrons. The topological polar surface area (TPSA) is 74.3 Å². The van der Waals surface area contributed by atoms with E-state index in [4.69, 9.17) is 9.59 Å². The molecule has 0 bridgehead atoms. The summed E-state index contributed by atoms with van der Waals surface area (Å²) < 4.78 is 0. The van der Waals surface area contributed by atoms with Crippen LogP contribution in [0.1, 0.15) is 46.0 Å². The molecule has 0 unspecified atom stereocenters. The Labute approximate surface area is 159 Å². The quantitative estimate of drug-likeness (QED) is 0.296. The first-order chi connectivity index (χ1) is 8.02. The number of allylic oxidation sites excluding steroid dienone is 1. The summed E-state index contributed by atoms with van der Waals surface area (Å²) in [5.41, 5.74) is 0.416. The molecule has 0 saturated heterocycles. The fourth-order valence-corrected chi connectivity index (χ4v) is 2.05. The van der Waals surface area contributed by atoms with Gasteiger partial charge >= 0.3 is 65.3 Å². The number of aliphatic carboxylic acids is 1. The van der Waals surface area contributed by atoms with Crippen molar-refractivity contribution in [1.82, 2.24) is 0 Å². The maximum absolute atomic E-state index is 10.9. The molecule has 0 radical (unpaired) electrons. The standard InChI is InChI=1S/C12H19O2.CO2.2Na/c1-9(2)8-11(12(13)14)10-6-4-3-5-7-10;2-1-3;;/h9-10H,3-7H2,1-2H3,(H,13,14);;;/q-1;;2*+1/p-1. The Hall–Kier alpha value is 0.590. The van der Waals surface area contributed by atoms with Gasteiger partial charge < -0.3 is 9.90 Å². The fourth-order valence-electron chi connectivity index (χ4n) is 2.05. The van der Waals surface area contributed by atoms with Gasteiger partial charge in [-0.15, -0.1) is 11.9 Å². The zero-order valence-corrected chi connectivity index (χ0v) is 16.3. The summed E-state index contributed by atoms with van der Waals surface area (Å²) in [5.74, 6) is -0.661. The minimum absolute atomic E-state index is 0. The molecule has 0 aromatic carbocycles. The van der Waals surface area contributed by atoms with Crippen LogP contribution in [0.4, 0.5) is 0 Å². The van der Waals surface area contributed by atoms with Crippen molar-refractivity contribution in [3.05, 3.63) is 11.6 Å². The van der Waals surface area contributed by atoms with Gasteiger partial charge in [-0.1, -0.05) is 33.1 Å². The van der Waals surface area contributed by atoms with Crippen LogP contribution in [0.2, 0.25) is 0 Å². The van der Waals surface area contributed by atoms with Gasteiger partial charge in [-0.3, -0.25) is 6.08 Å².